The van der Waals surface area contributed by atoms with Gasteiger partial charge in [0.2, 0.25) is 0 Å². The van der Waals surface area contributed by atoms with E-state index in [0.29, 0.717) is 43.8 Å². The highest BCUT2D eigenvalue weighted by atomic mass is 16.5. The zero-order valence-corrected chi connectivity index (χ0v) is 30.4. The Bertz CT molecular complexity index is 1190. The summed E-state index contributed by atoms with van der Waals surface area (Å²) in [4.78, 5) is 30.4. The summed E-state index contributed by atoms with van der Waals surface area (Å²) in [6.45, 7) is 5.39. The van der Waals surface area contributed by atoms with Gasteiger partial charge < -0.3 is 24.6 Å². The van der Waals surface area contributed by atoms with Crippen molar-refractivity contribution >= 4 is 18.0 Å². The second kappa shape index (κ2) is 19.4. The monoisotopic (exact) mass is 681 g/mol. The molecule has 5 rings (SSSR count). The van der Waals surface area contributed by atoms with Gasteiger partial charge in [-0.05, 0) is 88.4 Å². The van der Waals surface area contributed by atoms with Crippen molar-refractivity contribution in [2.45, 2.75) is 160 Å². The van der Waals surface area contributed by atoms with Gasteiger partial charge in [-0.3, -0.25) is 14.9 Å². The summed E-state index contributed by atoms with van der Waals surface area (Å²) in [5.74, 6) is 9.35. The van der Waals surface area contributed by atoms with Crippen molar-refractivity contribution < 1.29 is 34.2 Å². The van der Waals surface area contributed by atoms with Crippen LogP contribution in [0.25, 0.3) is 0 Å². The first-order valence-electron chi connectivity index (χ1n) is 19.5. The number of nitrogens with two attached hydrogens (primary N) is 1. The Morgan fingerprint density at radius 1 is 1.06 bits per heavy atom. The molecule has 1 saturated heterocycles. The Balaban J connectivity index is 1.29. The smallest absolute Gasteiger partial charge is 0.302 e. The van der Waals surface area contributed by atoms with Crippen molar-refractivity contribution in [3.63, 3.8) is 0 Å². The van der Waals surface area contributed by atoms with Gasteiger partial charge in [0.15, 0.2) is 6.20 Å². The SMILES string of the molecule is CCC1CCC(OC(C)=O)CC(=O)CC(C2CCC(OC3CCCC(O)C3)C(OC)C2)C#CCNC2CC(CC[NH2+]2)CCC2=CN=C[C+]2C1. The molecule has 0 aromatic rings. The van der Waals surface area contributed by atoms with Crippen molar-refractivity contribution in [1.82, 2.24) is 5.32 Å². The minimum atomic E-state index is -0.422. The molecular formula is C40H63N3O6+2. The van der Waals surface area contributed by atoms with E-state index in [1.165, 1.54) is 31.3 Å². The minimum Gasteiger partial charge on any atom is -0.462 e. The molecule has 10 unspecified atom stereocenters. The highest BCUT2D eigenvalue weighted by Crippen LogP contribution is 2.37. The number of quaternary nitrogens is 1. The number of methoxy groups -OCH3 is 1. The number of carbonyl (C=O) groups excluding carboxylic acids is 2. The number of piperidine rings is 1. The number of hydrogen-bond donors (Lipinski definition) is 3. The lowest BCUT2D eigenvalue weighted by Crippen LogP contribution is -2.95. The van der Waals surface area contributed by atoms with Gasteiger partial charge in [0.05, 0.1) is 37.5 Å². The largest absolute Gasteiger partial charge is 0.462 e. The van der Waals surface area contributed by atoms with Gasteiger partial charge in [0, 0.05) is 52.1 Å². The number of Topliss-reactive ketones (excluding diaryl/α,β-unsaturated/α-hetero) is 1. The quantitative estimate of drug-likeness (QED) is 0.209. The van der Waals surface area contributed by atoms with Crippen LogP contribution in [0.3, 0.4) is 0 Å². The number of esters is 1. The normalized spacial score (nSPS) is 36.9. The van der Waals surface area contributed by atoms with Crippen molar-refractivity contribution in [2.24, 2.45) is 28.7 Å². The molecule has 3 fully saturated rings. The Hall–Kier alpha value is -2.22. The van der Waals surface area contributed by atoms with Crippen LogP contribution in [-0.2, 0) is 23.8 Å². The number of ether oxygens (including phenoxy) is 3. The number of nitrogens with zero attached hydrogens (tertiary/aromatic N) is 1. The molecule has 2 bridgehead atoms. The van der Waals surface area contributed by atoms with E-state index in [1.807, 2.05) is 6.21 Å². The van der Waals surface area contributed by atoms with Crippen molar-refractivity contribution in [2.75, 3.05) is 20.2 Å². The van der Waals surface area contributed by atoms with Gasteiger partial charge in [-0.2, -0.15) is 0 Å². The average molecular weight is 682 g/mol. The molecule has 4 N–H and O–H groups in total. The molecule has 0 amide bonds. The number of fused-ring (bicyclic) bond motifs is 3. The van der Waals surface area contributed by atoms with Gasteiger partial charge in [-0.25, -0.2) is 0 Å². The molecule has 0 aromatic carbocycles. The van der Waals surface area contributed by atoms with Crippen LogP contribution in [0.4, 0.5) is 0 Å². The zero-order chi connectivity index (χ0) is 34.6. The molecule has 9 heteroatoms. The topological polar surface area (TPSA) is 123 Å². The molecule has 5 aliphatic rings. The number of carbonyl (C=O) groups is 2. The Morgan fingerprint density at radius 2 is 1.94 bits per heavy atom. The first-order chi connectivity index (χ1) is 23.8. The number of aliphatic hydroxyl groups excluding tert-OH is 1. The Morgan fingerprint density at radius 3 is 2.73 bits per heavy atom. The standard InChI is InChI=1S/C40H62N3O6/c1-4-28-11-14-37(48-27(2)44)24-35(46)21-30(31-13-15-38(39(22-31)47-3)49-36-9-5-8-34(45)23-36)7-6-17-42-40-20-29(16-18-43-40)10-12-32-25-41-26-33(32)19-28/h25-26,28-31,34,36-40,42-43,45H,4-5,8-24H2,1-3H3/q+1/p+1. The molecule has 2 saturated carbocycles. The van der Waals surface area contributed by atoms with Crippen LogP contribution in [0.1, 0.15) is 123 Å². The first-order valence-corrected chi connectivity index (χ1v) is 19.5. The molecule has 272 valence electrons. The van der Waals surface area contributed by atoms with Gasteiger partial charge in [-0.15, -0.1) is 4.99 Å². The third kappa shape index (κ3) is 11.9. The molecule has 0 spiro atoms. The van der Waals surface area contributed by atoms with Crippen LogP contribution in [0, 0.1) is 41.4 Å². The summed E-state index contributed by atoms with van der Waals surface area (Å²) in [5.41, 5.74) is 1.37. The number of aliphatic imine (C=N–C) groups is 1. The third-order valence-electron chi connectivity index (χ3n) is 11.9. The van der Waals surface area contributed by atoms with Crippen LogP contribution in [0.5, 0.6) is 0 Å². The lowest BCUT2D eigenvalue weighted by molar-refractivity contribution is -0.704. The van der Waals surface area contributed by atoms with Crippen LogP contribution in [0.2, 0.25) is 0 Å². The number of rotatable bonds is 6. The zero-order valence-electron chi connectivity index (χ0n) is 30.4. The maximum atomic E-state index is 13.8. The summed E-state index contributed by atoms with van der Waals surface area (Å²) in [7, 11) is 1.75. The van der Waals surface area contributed by atoms with Crippen molar-refractivity contribution in [3.05, 3.63) is 17.7 Å². The van der Waals surface area contributed by atoms with Crippen LogP contribution in [-0.4, -0.2) is 80.0 Å². The van der Waals surface area contributed by atoms with Crippen LogP contribution < -0.4 is 10.6 Å². The number of aliphatic hydroxyl groups is 1. The van der Waals surface area contributed by atoms with E-state index in [-0.39, 0.29) is 54.4 Å². The van der Waals surface area contributed by atoms with E-state index in [9.17, 15) is 14.7 Å². The third-order valence-corrected chi connectivity index (χ3v) is 11.9. The summed E-state index contributed by atoms with van der Waals surface area (Å²) in [5, 5.41) is 16.3. The van der Waals surface area contributed by atoms with Crippen LogP contribution >= 0.6 is 0 Å². The van der Waals surface area contributed by atoms with E-state index < -0.39 is 6.10 Å². The van der Waals surface area contributed by atoms with E-state index in [2.05, 4.69) is 40.6 Å². The van der Waals surface area contributed by atoms with E-state index in [1.54, 1.807) is 7.11 Å². The predicted molar refractivity (Wildman–Crippen MR) is 190 cm³/mol. The highest BCUT2D eigenvalue weighted by molar-refractivity contribution is 5.83. The molecule has 10 atom stereocenters. The maximum Gasteiger partial charge on any atom is 0.302 e. The van der Waals surface area contributed by atoms with Gasteiger partial charge >= 0.3 is 5.97 Å². The maximum absolute atomic E-state index is 13.8. The lowest BCUT2D eigenvalue weighted by atomic mass is 9.75. The molecular weight excluding hydrogens is 618 g/mol. The fourth-order valence-corrected chi connectivity index (χ4v) is 8.98. The number of ketones is 1. The average Bonchev–Trinajstić information content (AvgIpc) is 3.53. The molecule has 0 radical (unpaired) electrons. The molecule has 3 aliphatic heterocycles. The molecule has 9 nitrogen and oxygen atoms in total. The fraction of sp³-hybridized carbons (Fsp3) is 0.800. The number of hydrogen-bond acceptors (Lipinski definition) is 8. The van der Waals surface area contributed by atoms with Crippen molar-refractivity contribution in [1.29, 1.82) is 0 Å². The lowest BCUT2D eigenvalue weighted by Gasteiger charge is -2.40. The second-order valence-electron chi connectivity index (χ2n) is 15.5. The summed E-state index contributed by atoms with van der Waals surface area (Å²) >= 11 is 0. The second-order valence-corrected chi connectivity index (χ2v) is 15.5. The van der Waals surface area contributed by atoms with Gasteiger partial charge in [0.25, 0.3) is 0 Å². The molecule has 49 heavy (non-hydrogen) atoms. The minimum absolute atomic E-state index is 0.00995. The molecule has 2 aliphatic carbocycles. The van der Waals surface area contributed by atoms with Crippen molar-refractivity contribution in [3.8, 4) is 11.8 Å². The van der Waals surface area contributed by atoms with E-state index in [4.69, 9.17) is 14.2 Å². The number of allylic oxidation sites excluding steroid dienone is 1. The van der Waals surface area contributed by atoms with E-state index >= 15 is 0 Å². The highest BCUT2D eigenvalue weighted by Gasteiger charge is 2.38. The van der Waals surface area contributed by atoms with Gasteiger partial charge in [-0.1, -0.05) is 25.2 Å². The van der Waals surface area contributed by atoms with Crippen LogP contribution in [0.15, 0.2) is 16.8 Å². The Labute approximate surface area is 295 Å². The van der Waals surface area contributed by atoms with Gasteiger partial charge in [0.1, 0.15) is 35.8 Å². The summed E-state index contributed by atoms with van der Waals surface area (Å²) < 4.78 is 18.3. The first kappa shape index (κ1) is 38.0. The summed E-state index contributed by atoms with van der Waals surface area (Å²) in [6, 6.07) is 0. The Kier molecular flexibility index (Phi) is 15.1. The fourth-order valence-electron chi connectivity index (χ4n) is 8.98. The molecule has 0 aromatic heterocycles. The van der Waals surface area contributed by atoms with E-state index in [0.717, 1.165) is 77.2 Å². The number of nitrogens with one attached hydrogen (secondary N) is 1. The molecule has 3 heterocycles. The summed E-state index contributed by atoms with van der Waals surface area (Å²) in [6.07, 6.45) is 18.6. The predicted octanol–water partition coefficient (Wildman–Crippen LogP) is 4.81.